The van der Waals surface area contributed by atoms with Crippen molar-refractivity contribution in [3.8, 4) is 0 Å². The number of ether oxygens (including phenoxy) is 2. The minimum atomic E-state index is -0.480. The normalized spacial score (nSPS) is 34.0. The van der Waals surface area contributed by atoms with Crippen molar-refractivity contribution in [2.75, 3.05) is 33.4 Å². The number of hydrogen-bond donors (Lipinski definition) is 1. The lowest BCUT2D eigenvalue weighted by atomic mass is 9.96. The second kappa shape index (κ2) is 7.56. The summed E-state index contributed by atoms with van der Waals surface area (Å²) in [6, 6.07) is 0.950. The van der Waals surface area contributed by atoms with Crippen LogP contribution in [0.2, 0.25) is 0 Å². The van der Waals surface area contributed by atoms with E-state index in [-0.39, 0.29) is 5.97 Å². The summed E-state index contributed by atoms with van der Waals surface area (Å²) in [7, 11) is 1.49. The lowest BCUT2D eigenvalue weighted by Gasteiger charge is -2.40. The van der Waals surface area contributed by atoms with Gasteiger partial charge >= 0.3 is 5.97 Å². The molecule has 0 radical (unpaired) electrons. The molecule has 1 saturated carbocycles. The number of carbonyl (C=O) groups excluding carboxylic acids is 1. The highest BCUT2D eigenvalue weighted by molar-refractivity contribution is 5.81. The van der Waals surface area contributed by atoms with Crippen molar-refractivity contribution in [3.63, 3.8) is 0 Å². The molecular formula is C16H30N2O3. The molecule has 0 aromatic rings. The summed E-state index contributed by atoms with van der Waals surface area (Å²) in [5.41, 5.74) is -0.480. The minimum Gasteiger partial charge on any atom is -0.468 e. The van der Waals surface area contributed by atoms with Gasteiger partial charge < -0.3 is 14.8 Å². The third kappa shape index (κ3) is 3.58. The first-order valence-corrected chi connectivity index (χ1v) is 8.33. The van der Waals surface area contributed by atoms with Crippen molar-refractivity contribution >= 4 is 5.97 Å². The van der Waals surface area contributed by atoms with Gasteiger partial charge in [0.25, 0.3) is 0 Å². The van der Waals surface area contributed by atoms with Crippen molar-refractivity contribution < 1.29 is 14.3 Å². The van der Waals surface area contributed by atoms with E-state index in [4.69, 9.17) is 9.47 Å². The molecule has 1 heterocycles. The number of methoxy groups -OCH3 is 1. The molecule has 1 saturated heterocycles. The van der Waals surface area contributed by atoms with E-state index in [1.54, 1.807) is 0 Å². The number of morpholine rings is 1. The molecule has 1 aliphatic carbocycles. The predicted octanol–water partition coefficient (Wildman–Crippen LogP) is 1.56. The minimum absolute atomic E-state index is 0.0974. The average molecular weight is 298 g/mol. The molecule has 2 fully saturated rings. The SMILES string of the molecule is CCCNC1(C(=O)OC)CCC(N2CCOCC2CC)C1. The Hall–Kier alpha value is -0.650. The summed E-state index contributed by atoms with van der Waals surface area (Å²) in [6.45, 7) is 7.81. The van der Waals surface area contributed by atoms with E-state index in [2.05, 4.69) is 24.1 Å². The largest absolute Gasteiger partial charge is 0.468 e. The van der Waals surface area contributed by atoms with Crippen LogP contribution in [-0.2, 0) is 14.3 Å². The predicted molar refractivity (Wildman–Crippen MR) is 82.3 cm³/mol. The molecule has 5 heteroatoms. The zero-order valence-corrected chi connectivity index (χ0v) is 13.7. The fourth-order valence-electron chi connectivity index (χ4n) is 3.78. The van der Waals surface area contributed by atoms with Crippen molar-refractivity contribution in [2.45, 2.75) is 63.6 Å². The highest BCUT2D eigenvalue weighted by Crippen LogP contribution is 2.36. The monoisotopic (exact) mass is 298 g/mol. The van der Waals surface area contributed by atoms with Crippen molar-refractivity contribution in [3.05, 3.63) is 0 Å². The second-order valence-corrected chi connectivity index (χ2v) is 6.27. The van der Waals surface area contributed by atoms with Gasteiger partial charge in [0.1, 0.15) is 5.54 Å². The van der Waals surface area contributed by atoms with E-state index in [1.165, 1.54) is 7.11 Å². The average Bonchev–Trinajstić information content (AvgIpc) is 2.97. The fourth-order valence-corrected chi connectivity index (χ4v) is 3.78. The smallest absolute Gasteiger partial charge is 0.326 e. The van der Waals surface area contributed by atoms with E-state index < -0.39 is 5.54 Å². The molecule has 122 valence electrons. The Kier molecular flexibility index (Phi) is 6.02. The Morgan fingerprint density at radius 1 is 1.48 bits per heavy atom. The summed E-state index contributed by atoms with van der Waals surface area (Å²) in [5, 5.41) is 3.46. The summed E-state index contributed by atoms with van der Waals surface area (Å²) in [6.07, 6.45) is 4.92. The quantitative estimate of drug-likeness (QED) is 0.754. The Labute approximate surface area is 128 Å². The van der Waals surface area contributed by atoms with Crippen LogP contribution < -0.4 is 5.32 Å². The first-order valence-electron chi connectivity index (χ1n) is 8.33. The van der Waals surface area contributed by atoms with Crippen molar-refractivity contribution in [2.24, 2.45) is 0 Å². The highest BCUT2D eigenvalue weighted by Gasteiger charge is 2.48. The molecule has 0 aromatic heterocycles. The van der Waals surface area contributed by atoms with Gasteiger partial charge in [0.05, 0.1) is 20.3 Å². The van der Waals surface area contributed by atoms with Gasteiger partial charge in [-0.25, -0.2) is 0 Å². The van der Waals surface area contributed by atoms with Crippen LogP contribution >= 0.6 is 0 Å². The van der Waals surface area contributed by atoms with Crippen LogP contribution in [0.15, 0.2) is 0 Å². The first kappa shape index (κ1) is 16.7. The Morgan fingerprint density at radius 2 is 2.29 bits per heavy atom. The standard InChI is InChI=1S/C16H30N2O3/c1-4-8-17-16(15(19)20-3)7-6-14(11-16)18-9-10-21-12-13(18)5-2/h13-14,17H,4-12H2,1-3H3. The molecule has 0 bridgehead atoms. The Balaban J connectivity index is 2.06. The fraction of sp³-hybridized carbons (Fsp3) is 0.938. The zero-order valence-electron chi connectivity index (χ0n) is 13.7. The molecule has 3 unspecified atom stereocenters. The number of carbonyl (C=O) groups is 1. The van der Waals surface area contributed by atoms with Gasteiger partial charge in [0.15, 0.2) is 0 Å². The highest BCUT2D eigenvalue weighted by atomic mass is 16.5. The summed E-state index contributed by atoms with van der Waals surface area (Å²) in [4.78, 5) is 14.9. The number of nitrogens with one attached hydrogen (secondary N) is 1. The molecule has 0 amide bonds. The molecule has 2 rings (SSSR count). The van der Waals surface area contributed by atoms with Gasteiger partial charge in [0, 0.05) is 18.6 Å². The van der Waals surface area contributed by atoms with Crippen LogP contribution in [0.5, 0.6) is 0 Å². The zero-order chi connectivity index (χ0) is 15.3. The summed E-state index contributed by atoms with van der Waals surface area (Å²) >= 11 is 0. The van der Waals surface area contributed by atoms with E-state index in [9.17, 15) is 4.79 Å². The molecule has 21 heavy (non-hydrogen) atoms. The topological polar surface area (TPSA) is 50.8 Å². The van der Waals surface area contributed by atoms with Crippen LogP contribution in [0.3, 0.4) is 0 Å². The Morgan fingerprint density at radius 3 is 2.95 bits per heavy atom. The molecule has 0 spiro atoms. The number of hydrogen-bond acceptors (Lipinski definition) is 5. The van der Waals surface area contributed by atoms with Gasteiger partial charge in [-0.3, -0.25) is 9.69 Å². The van der Waals surface area contributed by atoms with Gasteiger partial charge in [-0.2, -0.15) is 0 Å². The number of rotatable bonds is 6. The number of esters is 1. The molecule has 1 N–H and O–H groups in total. The van der Waals surface area contributed by atoms with Crippen LogP contribution in [0, 0.1) is 0 Å². The second-order valence-electron chi connectivity index (χ2n) is 6.27. The summed E-state index contributed by atoms with van der Waals surface area (Å²) in [5.74, 6) is -0.0974. The third-order valence-electron chi connectivity index (χ3n) is 4.99. The van der Waals surface area contributed by atoms with Crippen LogP contribution in [-0.4, -0.2) is 61.9 Å². The van der Waals surface area contributed by atoms with Gasteiger partial charge in [0.2, 0.25) is 0 Å². The summed E-state index contributed by atoms with van der Waals surface area (Å²) < 4.78 is 10.7. The van der Waals surface area contributed by atoms with Crippen molar-refractivity contribution in [1.82, 2.24) is 10.2 Å². The van der Waals surface area contributed by atoms with E-state index in [0.29, 0.717) is 12.1 Å². The molecule has 3 atom stereocenters. The van der Waals surface area contributed by atoms with Gasteiger partial charge in [-0.15, -0.1) is 0 Å². The van der Waals surface area contributed by atoms with E-state index in [0.717, 1.165) is 58.4 Å². The molecule has 0 aromatic carbocycles. The first-order chi connectivity index (χ1) is 10.2. The maximum atomic E-state index is 12.3. The van der Waals surface area contributed by atoms with Crippen LogP contribution in [0.4, 0.5) is 0 Å². The lowest BCUT2D eigenvalue weighted by Crippen LogP contribution is -2.54. The lowest BCUT2D eigenvalue weighted by molar-refractivity contribution is -0.148. The Bertz CT molecular complexity index is 350. The van der Waals surface area contributed by atoms with Crippen molar-refractivity contribution in [1.29, 1.82) is 0 Å². The number of nitrogens with zero attached hydrogens (tertiary/aromatic N) is 1. The van der Waals surface area contributed by atoms with Crippen LogP contribution in [0.1, 0.15) is 46.0 Å². The molecular weight excluding hydrogens is 268 g/mol. The molecule has 5 nitrogen and oxygen atoms in total. The van der Waals surface area contributed by atoms with Gasteiger partial charge in [-0.1, -0.05) is 13.8 Å². The van der Waals surface area contributed by atoms with Crippen LogP contribution in [0.25, 0.3) is 0 Å². The third-order valence-corrected chi connectivity index (χ3v) is 4.99. The molecule has 1 aliphatic heterocycles. The van der Waals surface area contributed by atoms with E-state index in [1.807, 2.05) is 0 Å². The maximum Gasteiger partial charge on any atom is 0.326 e. The maximum absolute atomic E-state index is 12.3. The molecule has 2 aliphatic rings. The van der Waals surface area contributed by atoms with E-state index >= 15 is 0 Å². The van der Waals surface area contributed by atoms with Gasteiger partial charge in [-0.05, 0) is 38.6 Å².